The van der Waals surface area contributed by atoms with Gasteiger partial charge in [-0.1, -0.05) is 0 Å². The largest absolute Gasteiger partial charge is 0.352 e. The zero-order valence-electron chi connectivity index (χ0n) is 5.89. The molecule has 3 nitrogen and oxygen atoms in total. The predicted octanol–water partition coefficient (Wildman–Crippen LogP) is -0.373. The minimum atomic E-state index is 0.126. The molecular weight excluding hydrogens is 128 g/mol. The molecule has 2 rings (SSSR count). The summed E-state index contributed by atoms with van der Waals surface area (Å²) in [6, 6.07) is 0.635. The van der Waals surface area contributed by atoms with E-state index in [1.54, 1.807) is 0 Å². The van der Waals surface area contributed by atoms with E-state index in [1.807, 2.05) is 0 Å². The number of nitrogens with one attached hydrogen (secondary N) is 2. The first kappa shape index (κ1) is 6.16. The van der Waals surface area contributed by atoms with E-state index in [4.69, 9.17) is 0 Å². The Morgan fingerprint density at radius 2 is 2.10 bits per heavy atom. The molecule has 10 heavy (non-hydrogen) atoms. The maximum absolute atomic E-state index is 11.1. The van der Waals surface area contributed by atoms with Gasteiger partial charge in [-0.2, -0.15) is 0 Å². The van der Waals surface area contributed by atoms with Crippen molar-refractivity contribution >= 4 is 5.91 Å². The zero-order chi connectivity index (χ0) is 6.97. The van der Waals surface area contributed by atoms with E-state index < -0.39 is 0 Å². The van der Waals surface area contributed by atoms with Gasteiger partial charge in [0.25, 0.3) is 0 Å². The normalized spacial score (nSPS) is 31.0. The first-order valence-electron chi connectivity index (χ1n) is 3.90. The Labute approximate surface area is 60.2 Å². The Morgan fingerprint density at radius 1 is 1.40 bits per heavy atom. The number of hydrogen-bond donors (Lipinski definition) is 2. The van der Waals surface area contributed by atoms with Crippen LogP contribution in [0.3, 0.4) is 0 Å². The van der Waals surface area contributed by atoms with Crippen LogP contribution in [0, 0.1) is 0 Å². The summed E-state index contributed by atoms with van der Waals surface area (Å²) < 4.78 is 0. The van der Waals surface area contributed by atoms with Crippen molar-refractivity contribution in [3.63, 3.8) is 0 Å². The van der Waals surface area contributed by atoms with Gasteiger partial charge in [0.1, 0.15) is 0 Å². The summed E-state index contributed by atoms with van der Waals surface area (Å²) in [6.07, 6.45) is 3.37. The van der Waals surface area contributed by atoms with Gasteiger partial charge < -0.3 is 10.6 Å². The van der Waals surface area contributed by atoms with Gasteiger partial charge in [0, 0.05) is 6.04 Å². The van der Waals surface area contributed by atoms with Crippen LogP contribution in [0.25, 0.3) is 0 Å². The van der Waals surface area contributed by atoms with E-state index in [0.717, 1.165) is 13.0 Å². The van der Waals surface area contributed by atoms with Gasteiger partial charge >= 0.3 is 0 Å². The summed E-state index contributed by atoms with van der Waals surface area (Å²) in [5, 5.41) is 6.02. The lowest BCUT2D eigenvalue weighted by Crippen LogP contribution is -2.53. The van der Waals surface area contributed by atoms with Gasteiger partial charge in [0.2, 0.25) is 5.91 Å². The molecule has 1 heterocycles. The van der Waals surface area contributed by atoms with Gasteiger partial charge in [-0.15, -0.1) is 0 Å². The number of amides is 1. The molecular formula is C7H12N2O. The molecule has 0 radical (unpaired) electrons. The van der Waals surface area contributed by atoms with Crippen LogP contribution in [-0.4, -0.2) is 24.5 Å². The Morgan fingerprint density at radius 3 is 2.50 bits per heavy atom. The van der Waals surface area contributed by atoms with Crippen molar-refractivity contribution in [3.8, 4) is 0 Å². The molecule has 0 aromatic rings. The van der Waals surface area contributed by atoms with Crippen LogP contribution in [-0.2, 0) is 4.79 Å². The molecule has 1 aliphatic carbocycles. The number of hydrogen-bond acceptors (Lipinski definition) is 2. The second-order valence-electron chi connectivity index (χ2n) is 3.08. The molecule has 1 saturated heterocycles. The van der Waals surface area contributed by atoms with Gasteiger partial charge in [0.05, 0.1) is 6.04 Å². The molecule has 2 N–H and O–H groups in total. The number of carbonyl (C=O) groups excluding carboxylic acids is 1. The fourth-order valence-corrected chi connectivity index (χ4v) is 1.04. The molecule has 2 fully saturated rings. The summed E-state index contributed by atoms with van der Waals surface area (Å²) in [5.74, 6) is 0.203. The quantitative estimate of drug-likeness (QED) is 0.549. The van der Waals surface area contributed by atoms with Crippen LogP contribution >= 0.6 is 0 Å². The third kappa shape index (κ3) is 1.14. The highest BCUT2D eigenvalue weighted by Crippen LogP contribution is 2.19. The van der Waals surface area contributed by atoms with Gasteiger partial charge in [0.15, 0.2) is 0 Å². The molecule has 0 aromatic carbocycles. The van der Waals surface area contributed by atoms with Crippen molar-refractivity contribution in [2.75, 3.05) is 6.54 Å². The molecule has 1 aliphatic heterocycles. The van der Waals surface area contributed by atoms with E-state index >= 15 is 0 Å². The summed E-state index contributed by atoms with van der Waals surface area (Å²) in [7, 11) is 0. The molecule has 3 heteroatoms. The monoisotopic (exact) mass is 140 g/mol. The molecule has 0 spiro atoms. The van der Waals surface area contributed by atoms with E-state index in [-0.39, 0.29) is 11.9 Å². The maximum atomic E-state index is 11.1. The second-order valence-corrected chi connectivity index (χ2v) is 3.08. The first-order chi connectivity index (χ1) is 4.86. The Hall–Kier alpha value is -0.570. The third-order valence-electron chi connectivity index (χ3n) is 2.06. The number of carbonyl (C=O) groups is 1. The predicted molar refractivity (Wildman–Crippen MR) is 37.6 cm³/mol. The van der Waals surface area contributed by atoms with E-state index in [2.05, 4.69) is 10.6 Å². The van der Waals surface area contributed by atoms with Crippen LogP contribution in [0.5, 0.6) is 0 Å². The lowest BCUT2D eigenvalue weighted by atomic mass is 10.1. The van der Waals surface area contributed by atoms with Crippen molar-refractivity contribution in [1.29, 1.82) is 0 Å². The Bertz CT molecular complexity index is 150. The summed E-state index contributed by atoms with van der Waals surface area (Å²) >= 11 is 0. The highest BCUT2D eigenvalue weighted by Gasteiger charge is 2.29. The summed E-state index contributed by atoms with van der Waals surface area (Å²) in [5.41, 5.74) is 0. The minimum Gasteiger partial charge on any atom is -0.352 e. The average molecular weight is 140 g/mol. The van der Waals surface area contributed by atoms with E-state index in [9.17, 15) is 4.79 Å². The average Bonchev–Trinajstić information content (AvgIpc) is 2.43. The second kappa shape index (κ2) is 2.23. The Kier molecular flexibility index (Phi) is 1.38. The third-order valence-corrected chi connectivity index (χ3v) is 2.06. The molecule has 1 saturated carbocycles. The van der Waals surface area contributed by atoms with Crippen LogP contribution < -0.4 is 10.6 Å². The van der Waals surface area contributed by atoms with Crippen molar-refractivity contribution in [2.45, 2.75) is 31.3 Å². The molecule has 1 atom stereocenters. The van der Waals surface area contributed by atoms with Crippen molar-refractivity contribution in [2.24, 2.45) is 0 Å². The standard InChI is InChI=1S/C7H12N2O/c10-7(6-3-4-8-6)9-5-1-2-5/h5-6,8H,1-4H2,(H,9,10)/t6-/m0/s1. The molecule has 0 unspecified atom stereocenters. The topological polar surface area (TPSA) is 41.1 Å². The van der Waals surface area contributed by atoms with Crippen LogP contribution in [0.2, 0.25) is 0 Å². The highest BCUT2D eigenvalue weighted by atomic mass is 16.2. The van der Waals surface area contributed by atoms with Gasteiger partial charge in [-0.05, 0) is 25.8 Å². The molecule has 0 aromatic heterocycles. The maximum Gasteiger partial charge on any atom is 0.237 e. The summed E-state index contributed by atoms with van der Waals surface area (Å²) in [6.45, 7) is 1.00. The smallest absolute Gasteiger partial charge is 0.237 e. The lowest BCUT2D eigenvalue weighted by Gasteiger charge is -2.26. The zero-order valence-corrected chi connectivity index (χ0v) is 5.89. The SMILES string of the molecule is O=C(NC1CC1)[C@@H]1CCN1. The highest BCUT2D eigenvalue weighted by molar-refractivity contribution is 5.83. The molecule has 0 bridgehead atoms. The fourth-order valence-electron chi connectivity index (χ4n) is 1.04. The minimum absolute atomic E-state index is 0.126. The fraction of sp³-hybridized carbons (Fsp3) is 0.857. The van der Waals surface area contributed by atoms with Crippen LogP contribution in [0.4, 0.5) is 0 Å². The van der Waals surface area contributed by atoms with E-state index in [0.29, 0.717) is 6.04 Å². The van der Waals surface area contributed by atoms with Gasteiger partial charge in [-0.25, -0.2) is 0 Å². The van der Waals surface area contributed by atoms with E-state index in [1.165, 1.54) is 12.8 Å². The lowest BCUT2D eigenvalue weighted by molar-refractivity contribution is -0.124. The van der Waals surface area contributed by atoms with Crippen LogP contribution in [0.15, 0.2) is 0 Å². The van der Waals surface area contributed by atoms with Crippen molar-refractivity contribution < 1.29 is 4.79 Å². The van der Waals surface area contributed by atoms with Gasteiger partial charge in [-0.3, -0.25) is 4.79 Å². The van der Waals surface area contributed by atoms with Crippen molar-refractivity contribution in [3.05, 3.63) is 0 Å². The molecule has 2 aliphatic rings. The Balaban J connectivity index is 1.74. The van der Waals surface area contributed by atoms with Crippen molar-refractivity contribution in [1.82, 2.24) is 10.6 Å². The number of rotatable bonds is 2. The first-order valence-corrected chi connectivity index (χ1v) is 3.90. The summed E-state index contributed by atoms with van der Waals surface area (Å²) in [4.78, 5) is 11.1. The molecule has 56 valence electrons. The molecule has 1 amide bonds. The van der Waals surface area contributed by atoms with Crippen LogP contribution in [0.1, 0.15) is 19.3 Å².